The molecule has 0 fully saturated rings. The van der Waals surface area contributed by atoms with Crippen LogP contribution in [-0.4, -0.2) is 24.0 Å². The van der Waals surface area contributed by atoms with E-state index in [2.05, 4.69) is 11.4 Å². The van der Waals surface area contributed by atoms with Crippen molar-refractivity contribution in [1.29, 1.82) is 5.26 Å². The van der Waals surface area contributed by atoms with E-state index >= 15 is 0 Å². The molecule has 0 saturated carbocycles. The number of esters is 1. The Balaban J connectivity index is 1.74. The second-order valence-electron chi connectivity index (χ2n) is 7.60. The molecule has 1 aromatic heterocycles. The SMILES string of the molecule is CC(C)[C@@](C)(C#N)NC(=O)COC(=O)c1oc2ccccc2c1COc1ccccc1. The highest BCUT2D eigenvalue weighted by atomic mass is 16.5. The predicted molar refractivity (Wildman–Crippen MR) is 114 cm³/mol. The number of nitrogens with zero attached hydrogens (tertiary/aromatic N) is 1. The molecule has 7 nitrogen and oxygen atoms in total. The summed E-state index contributed by atoms with van der Waals surface area (Å²) in [6.07, 6.45) is 0. The Morgan fingerprint density at radius 3 is 2.48 bits per heavy atom. The molecule has 1 atom stereocenters. The zero-order chi connectivity index (χ0) is 22.4. The Hall–Kier alpha value is -3.79. The summed E-state index contributed by atoms with van der Waals surface area (Å²) in [5, 5.41) is 12.7. The Labute approximate surface area is 180 Å². The van der Waals surface area contributed by atoms with Gasteiger partial charge >= 0.3 is 5.97 Å². The first-order valence-electron chi connectivity index (χ1n) is 9.91. The third kappa shape index (κ3) is 5.04. The molecule has 0 aliphatic heterocycles. The lowest BCUT2D eigenvalue weighted by Gasteiger charge is -2.27. The number of benzene rings is 2. The van der Waals surface area contributed by atoms with E-state index in [1.54, 1.807) is 19.1 Å². The zero-order valence-corrected chi connectivity index (χ0v) is 17.7. The molecule has 1 amide bonds. The van der Waals surface area contributed by atoms with Crippen LogP contribution in [0.15, 0.2) is 59.0 Å². The van der Waals surface area contributed by atoms with Gasteiger partial charge in [0.1, 0.15) is 23.5 Å². The number of furan rings is 1. The second kappa shape index (κ2) is 9.35. The highest BCUT2D eigenvalue weighted by Gasteiger charge is 2.31. The molecule has 0 bridgehead atoms. The molecule has 0 unspecified atom stereocenters. The minimum absolute atomic E-state index is 0.0168. The lowest BCUT2D eigenvalue weighted by molar-refractivity contribution is -0.125. The fourth-order valence-electron chi connectivity index (χ4n) is 2.90. The Kier molecular flexibility index (Phi) is 6.61. The molecular formula is C24H24N2O5. The molecule has 1 heterocycles. The van der Waals surface area contributed by atoms with Gasteiger partial charge in [0, 0.05) is 5.39 Å². The van der Waals surface area contributed by atoms with Crippen LogP contribution < -0.4 is 10.1 Å². The highest BCUT2D eigenvalue weighted by molar-refractivity contribution is 5.97. The van der Waals surface area contributed by atoms with Crippen molar-refractivity contribution in [1.82, 2.24) is 5.32 Å². The van der Waals surface area contributed by atoms with Crippen molar-refractivity contribution >= 4 is 22.8 Å². The van der Waals surface area contributed by atoms with Crippen LogP contribution in [0.25, 0.3) is 11.0 Å². The number of amides is 1. The molecule has 0 radical (unpaired) electrons. The summed E-state index contributed by atoms with van der Waals surface area (Å²) in [6, 6.07) is 18.5. The van der Waals surface area contributed by atoms with Crippen LogP contribution >= 0.6 is 0 Å². The van der Waals surface area contributed by atoms with Crippen LogP contribution in [0.4, 0.5) is 0 Å². The van der Waals surface area contributed by atoms with Crippen molar-refractivity contribution in [2.75, 3.05) is 6.61 Å². The van der Waals surface area contributed by atoms with E-state index in [4.69, 9.17) is 13.9 Å². The molecule has 0 saturated heterocycles. The van der Waals surface area contributed by atoms with Crippen molar-refractivity contribution in [3.63, 3.8) is 0 Å². The monoisotopic (exact) mass is 420 g/mol. The van der Waals surface area contributed by atoms with Crippen molar-refractivity contribution in [2.45, 2.75) is 32.9 Å². The van der Waals surface area contributed by atoms with Crippen LogP contribution in [-0.2, 0) is 16.1 Å². The molecular weight excluding hydrogens is 396 g/mol. The number of carbonyl (C=O) groups excluding carboxylic acids is 2. The summed E-state index contributed by atoms with van der Waals surface area (Å²) in [7, 11) is 0. The average Bonchev–Trinajstić information content (AvgIpc) is 3.15. The Morgan fingerprint density at radius 2 is 1.81 bits per heavy atom. The van der Waals surface area contributed by atoms with E-state index in [1.807, 2.05) is 56.3 Å². The predicted octanol–water partition coefficient (Wildman–Crippen LogP) is 4.22. The molecule has 3 rings (SSSR count). The van der Waals surface area contributed by atoms with Gasteiger partial charge in [-0.25, -0.2) is 4.79 Å². The van der Waals surface area contributed by atoms with Gasteiger partial charge in [0.2, 0.25) is 5.76 Å². The number of para-hydroxylation sites is 2. The van der Waals surface area contributed by atoms with Gasteiger partial charge in [-0.2, -0.15) is 5.26 Å². The number of ether oxygens (including phenoxy) is 2. The van der Waals surface area contributed by atoms with Crippen molar-refractivity contribution in [2.24, 2.45) is 5.92 Å². The molecule has 2 aromatic carbocycles. The molecule has 3 aromatic rings. The van der Waals surface area contributed by atoms with Crippen molar-refractivity contribution in [3.05, 3.63) is 65.9 Å². The maximum absolute atomic E-state index is 12.7. The number of hydrogen-bond acceptors (Lipinski definition) is 6. The van der Waals surface area contributed by atoms with Crippen LogP contribution in [0, 0.1) is 17.2 Å². The standard InChI is InChI=1S/C24H24N2O5/c1-16(2)24(3,15-25)26-21(27)14-30-23(28)22-19(13-29-17-9-5-4-6-10-17)18-11-7-8-12-20(18)31-22/h4-12,16H,13-14H2,1-3H3,(H,26,27)/t24-/m1/s1. The number of fused-ring (bicyclic) bond motifs is 1. The first-order chi connectivity index (χ1) is 14.8. The molecule has 0 aliphatic carbocycles. The van der Waals surface area contributed by atoms with E-state index in [1.165, 1.54) is 0 Å². The number of nitriles is 1. The molecule has 7 heteroatoms. The maximum Gasteiger partial charge on any atom is 0.375 e. The number of carbonyl (C=O) groups is 2. The topological polar surface area (TPSA) is 102 Å². The van der Waals surface area contributed by atoms with Crippen LogP contribution in [0.5, 0.6) is 5.75 Å². The van der Waals surface area contributed by atoms with E-state index in [0.29, 0.717) is 16.9 Å². The summed E-state index contributed by atoms with van der Waals surface area (Å²) in [5.41, 5.74) is -0.00584. The first kappa shape index (κ1) is 21.9. The summed E-state index contributed by atoms with van der Waals surface area (Å²) in [4.78, 5) is 24.9. The fraction of sp³-hybridized carbons (Fsp3) is 0.292. The minimum Gasteiger partial charge on any atom is -0.489 e. The minimum atomic E-state index is -1.06. The van der Waals surface area contributed by atoms with Crippen molar-refractivity contribution < 1.29 is 23.5 Å². The summed E-state index contributed by atoms with van der Waals surface area (Å²) < 4.78 is 16.7. The lowest BCUT2D eigenvalue weighted by atomic mass is 9.90. The third-order valence-corrected chi connectivity index (χ3v) is 5.13. The maximum atomic E-state index is 12.7. The lowest BCUT2D eigenvalue weighted by Crippen LogP contribution is -2.50. The number of nitrogens with one attached hydrogen (secondary N) is 1. The smallest absolute Gasteiger partial charge is 0.375 e. The van der Waals surface area contributed by atoms with Gasteiger partial charge in [0.25, 0.3) is 5.91 Å². The molecule has 0 aliphatic rings. The molecule has 31 heavy (non-hydrogen) atoms. The van der Waals surface area contributed by atoms with E-state index in [0.717, 1.165) is 5.39 Å². The second-order valence-corrected chi connectivity index (χ2v) is 7.60. The first-order valence-corrected chi connectivity index (χ1v) is 9.91. The molecule has 1 N–H and O–H groups in total. The van der Waals surface area contributed by atoms with Crippen LogP contribution in [0.3, 0.4) is 0 Å². The molecule has 160 valence electrons. The van der Waals surface area contributed by atoms with E-state index in [9.17, 15) is 14.9 Å². The number of hydrogen-bond donors (Lipinski definition) is 1. The number of rotatable bonds is 8. The average molecular weight is 420 g/mol. The summed E-state index contributed by atoms with van der Waals surface area (Å²) >= 11 is 0. The van der Waals surface area contributed by atoms with E-state index in [-0.39, 0.29) is 18.3 Å². The largest absolute Gasteiger partial charge is 0.489 e. The Morgan fingerprint density at radius 1 is 1.13 bits per heavy atom. The normalized spacial score (nSPS) is 12.7. The zero-order valence-electron chi connectivity index (χ0n) is 17.7. The Bertz CT molecular complexity index is 1110. The van der Waals surface area contributed by atoms with Crippen molar-refractivity contribution in [3.8, 4) is 11.8 Å². The summed E-state index contributed by atoms with van der Waals surface area (Å²) in [6.45, 7) is 4.83. The highest BCUT2D eigenvalue weighted by Crippen LogP contribution is 2.28. The van der Waals surface area contributed by atoms with E-state index < -0.39 is 24.0 Å². The van der Waals surface area contributed by atoms with Gasteiger partial charge < -0.3 is 19.2 Å². The van der Waals surface area contributed by atoms with Gasteiger partial charge in [-0.1, -0.05) is 50.2 Å². The fourth-order valence-corrected chi connectivity index (χ4v) is 2.90. The van der Waals surface area contributed by atoms with Gasteiger partial charge in [-0.3, -0.25) is 4.79 Å². The van der Waals surface area contributed by atoms with Crippen LogP contribution in [0.1, 0.15) is 36.9 Å². The summed E-state index contributed by atoms with van der Waals surface area (Å²) in [5.74, 6) is -0.826. The van der Waals surface area contributed by atoms with Crippen LogP contribution in [0.2, 0.25) is 0 Å². The van der Waals surface area contributed by atoms with Gasteiger partial charge in [-0.05, 0) is 31.0 Å². The third-order valence-electron chi connectivity index (χ3n) is 5.13. The van der Waals surface area contributed by atoms with Gasteiger partial charge in [0.05, 0.1) is 11.6 Å². The molecule has 0 spiro atoms. The van der Waals surface area contributed by atoms with Gasteiger partial charge in [-0.15, -0.1) is 0 Å². The quantitative estimate of drug-likeness (QED) is 0.548. The van der Waals surface area contributed by atoms with Gasteiger partial charge in [0.15, 0.2) is 6.61 Å².